The monoisotopic (exact) mass is 294 g/mol. The van der Waals surface area contributed by atoms with E-state index in [1.165, 1.54) is 0 Å². The maximum Gasteiger partial charge on any atom is 0.264 e. The van der Waals surface area contributed by atoms with E-state index in [1.54, 1.807) is 0 Å². The topological polar surface area (TPSA) is 61.8 Å². The fourth-order valence-corrected chi connectivity index (χ4v) is 2.23. The Labute approximate surface area is 116 Å². The smallest absolute Gasteiger partial charge is 0.264 e. The molecule has 0 aromatic heterocycles. The lowest BCUT2D eigenvalue weighted by Crippen LogP contribution is -2.33. The van der Waals surface area contributed by atoms with Gasteiger partial charge in [0.25, 0.3) is 10.1 Å². The maximum absolute atomic E-state index is 11.1. The summed E-state index contributed by atoms with van der Waals surface area (Å²) in [7, 11) is -3.41. The summed E-state index contributed by atoms with van der Waals surface area (Å²) >= 11 is 0. The Morgan fingerprint density at radius 1 is 1.26 bits per heavy atom. The van der Waals surface area contributed by atoms with Gasteiger partial charge in [0.15, 0.2) is 6.29 Å². The van der Waals surface area contributed by atoms with Crippen molar-refractivity contribution in [3.63, 3.8) is 0 Å². The third-order valence-electron chi connectivity index (χ3n) is 3.33. The molecule has 114 valence electrons. The second-order valence-electron chi connectivity index (χ2n) is 6.18. The van der Waals surface area contributed by atoms with Crippen molar-refractivity contribution in [2.45, 2.75) is 46.3 Å². The summed E-state index contributed by atoms with van der Waals surface area (Å²) in [5.74, 6) is 0.00718. The van der Waals surface area contributed by atoms with Crippen LogP contribution in [0.4, 0.5) is 0 Å². The normalized spacial score (nSPS) is 23.3. The first kappa shape index (κ1) is 16.9. The Kier molecular flexibility index (Phi) is 6.23. The molecular formula is C13H26O5S. The Hall–Kier alpha value is -0.170. The Morgan fingerprint density at radius 3 is 2.42 bits per heavy atom. The van der Waals surface area contributed by atoms with Crippen LogP contribution < -0.4 is 0 Å². The molecule has 1 fully saturated rings. The van der Waals surface area contributed by atoms with Crippen molar-refractivity contribution in [1.82, 2.24) is 0 Å². The molecule has 1 aliphatic heterocycles. The van der Waals surface area contributed by atoms with Gasteiger partial charge in [-0.3, -0.25) is 4.18 Å². The van der Waals surface area contributed by atoms with Crippen LogP contribution in [-0.2, 0) is 23.8 Å². The second kappa shape index (κ2) is 7.02. The molecule has 0 N–H and O–H groups in total. The highest BCUT2D eigenvalue weighted by Gasteiger charge is 2.28. The third kappa shape index (κ3) is 7.25. The van der Waals surface area contributed by atoms with E-state index < -0.39 is 10.1 Å². The molecule has 0 spiro atoms. The average molecular weight is 294 g/mol. The van der Waals surface area contributed by atoms with Crippen molar-refractivity contribution < 1.29 is 22.1 Å². The zero-order valence-electron chi connectivity index (χ0n) is 12.3. The van der Waals surface area contributed by atoms with E-state index in [9.17, 15) is 8.42 Å². The SMILES string of the molecule is CC(C)(C)[C@@H](COC1CCCCO1)COS(C)(=O)=O. The molecule has 6 heteroatoms. The van der Waals surface area contributed by atoms with Crippen LogP contribution in [0.1, 0.15) is 40.0 Å². The largest absolute Gasteiger partial charge is 0.353 e. The van der Waals surface area contributed by atoms with Crippen molar-refractivity contribution in [3.8, 4) is 0 Å². The van der Waals surface area contributed by atoms with E-state index >= 15 is 0 Å². The van der Waals surface area contributed by atoms with Crippen molar-refractivity contribution in [1.29, 1.82) is 0 Å². The molecule has 0 amide bonds. The van der Waals surface area contributed by atoms with Gasteiger partial charge in [0.2, 0.25) is 0 Å². The van der Waals surface area contributed by atoms with Crippen molar-refractivity contribution in [2.75, 3.05) is 26.1 Å². The Balaban J connectivity index is 2.45. The standard InChI is InChI=1S/C13H26O5S/c1-13(2,3)11(10-18-19(4,14)15)9-17-12-7-5-6-8-16-12/h11-12H,5-10H2,1-4H3/t11-,12?/m0/s1. The lowest BCUT2D eigenvalue weighted by atomic mass is 9.82. The average Bonchev–Trinajstić information content (AvgIpc) is 2.27. The fraction of sp³-hybridized carbons (Fsp3) is 1.00. The van der Waals surface area contributed by atoms with Crippen LogP contribution in [-0.4, -0.2) is 40.8 Å². The highest BCUT2D eigenvalue weighted by molar-refractivity contribution is 7.85. The van der Waals surface area contributed by atoms with Gasteiger partial charge < -0.3 is 9.47 Å². The molecule has 1 unspecified atom stereocenters. The summed E-state index contributed by atoms with van der Waals surface area (Å²) in [6.45, 7) is 7.49. The summed E-state index contributed by atoms with van der Waals surface area (Å²) in [5.41, 5.74) is -0.0840. The van der Waals surface area contributed by atoms with Gasteiger partial charge in [-0.05, 0) is 24.7 Å². The highest BCUT2D eigenvalue weighted by atomic mass is 32.2. The van der Waals surface area contributed by atoms with Gasteiger partial charge >= 0.3 is 0 Å². The zero-order chi connectivity index (χ0) is 14.5. The van der Waals surface area contributed by atoms with Gasteiger partial charge in [-0.15, -0.1) is 0 Å². The third-order valence-corrected chi connectivity index (χ3v) is 3.89. The predicted molar refractivity (Wildman–Crippen MR) is 73.3 cm³/mol. The first-order valence-corrected chi connectivity index (χ1v) is 8.58. The van der Waals surface area contributed by atoms with E-state index in [0.717, 1.165) is 32.1 Å². The molecule has 0 radical (unpaired) electrons. The summed E-state index contributed by atoms with van der Waals surface area (Å²) in [5, 5.41) is 0. The van der Waals surface area contributed by atoms with Crippen molar-refractivity contribution in [2.24, 2.45) is 11.3 Å². The quantitative estimate of drug-likeness (QED) is 0.703. The summed E-state index contributed by atoms with van der Waals surface area (Å²) < 4.78 is 38.3. The van der Waals surface area contributed by atoms with Crippen LogP contribution in [0.25, 0.3) is 0 Å². The molecule has 5 nitrogen and oxygen atoms in total. The zero-order valence-corrected chi connectivity index (χ0v) is 13.2. The fourth-order valence-electron chi connectivity index (χ4n) is 1.82. The van der Waals surface area contributed by atoms with Crippen LogP contribution in [0, 0.1) is 11.3 Å². The molecule has 1 rings (SSSR count). The van der Waals surface area contributed by atoms with Crippen LogP contribution >= 0.6 is 0 Å². The van der Waals surface area contributed by atoms with Gasteiger partial charge in [-0.25, -0.2) is 0 Å². The molecule has 2 atom stereocenters. The second-order valence-corrected chi connectivity index (χ2v) is 7.83. The van der Waals surface area contributed by atoms with E-state index in [-0.39, 0.29) is 24.2 Å². The number of ether oxygens (including phenoxy) is 2. The van der Waals surface area contributed by atoms with E-state index in [2.05, 4.69) is 0 Å². The number of rotatable bonds is 6. The Morgan fingerprint density at radius 2 is 1.95 bits per heavy atom. The summed E-state index contributed by atoms with van der Waals surface area (Å²) in [6.07, 6.45) is 4.02. The number of hydrogen-bond acceptors (Lipinski definition) is 5. The minimum atomic E-state index is -3.41. The molecule has 1 saturated heterocycles. The summed E-state index contributed by atoms with van der Waals surface area (Å²) in [4.78, 5) is 0. The molecule has 0 aromatic rings. The Bertz CT molecular complexity index is 352. The first-order chi connectivity index (χ1) is 8.68. The van der Waals surface area contributed by atoms with E-state index in [0.29, 0.717) is 6.61 Å². The highest BCUT2D eigenvalue weighted by Crippen LogP contribution is 2.28. The van der Waals surface area contributed by atoms with E-state index in [4.69, 9.17) is 13.7 Å². The molecule has 0 aliphatic carbocycles. The van der Waals surface area contributed by atoms with Crippen molar-refractivity contribution >= 4 is 10.1 Å². The molecule has 1 aliphatic rings. The van der Waals surface area contributed by atoms with Gasteiger partial charge in [0.1, 0.15) is 0 Å². The summed E-state index contributed by atoms with van der Waals surface area (Å²) in [6, 6.07) is 0. The number of hydrogen-bond donors (Lipinski definition) is 0. The molecule has 19 heavy (non-hydrogen) atoms. The molecular weight excluding hydrogens is 268 g/mol. The lowest BCUT2D eigenvalue weighted by Gasteiger charge is -2.32. The maximum atomic E-state index is 11.1. The first-order valence-electron chi connectivity index (χ1n) is 6.76. The van der Waals surface area contributed by atoms with Gasteiger partial charge in [0.05, 0.1) is 19.5 Å². The van der Waals surface area contributed by atoms with Crippen LogP contribution in [0.2, 0.25) is 0 Å². The van der Waals surface area contributed by atoms with Crippen LogP contribution in [0.3, 0.4) is 0 Å². The predicted octanol–water partition coefficient (Wildman–Crippen LogP) is 2.17. The molecule has 0 bridgehead atoms. The van der Waals surface area contributed by atoms with Gasteiger partial charge in [-0.2, -0.15) is 8.42 Å². The minimum absolute atomic E-state index is 0.00718. The van der Waals surface area contributed by atoms with Crippen molar-refractivity contribution in [3.05, 3.63) is 0 Å². The van der Waals surface area contributed by atoms with Crippen LogP contribution in [0.15, 0.2) is 0 Å². The van der Waals surface area contributed by atoms with Gasteiger partial charge in [-0.1, -0.05) is 20.8 Å². The molecule has 1 heterocycles. The molecule has 0 saturated carbocycles. The minimum Gasteiger partial charge on any atom is -0.353 e. The van der Waals surface area contributed by atoms with E-state index in [1.807, 2.05) is 20.8 Å². The van der Waals surface area contributed by atoms with Crippen LogP contribution in [0.5, 0.6) is 0 Å². The van der Waals surface area contributed by atoms with Gasteiger partial charge in [0, 0.05) is 12.5 Å². The molecule has 0 aromatic carbocycles. The lowest BCUT2D eigenvalue weighted by molar-refractivity contribution is -0.175.